The molecular formula is C19H27IN4S. The molecule has 0 aliphatic carbocycles. The number of hydrogen-bond donors (Lipinski definition) is 2. The lowest BCUT2D eigenvalue weighted by Crippen LogP contribution is -2.48. The molecule has 1 fully saturated rings. The zero-order valence-electron chi connectivity index (χ0n) is 14.6. The third-order valence-electron chi connectivity index (χ3n) is 4.44. The van der Waals surface area contributed by atoms with Crippen molar-refractivity contribution in [2.75, 3.05) is 20.1 Å². The summed E-state index contributed by atoms with van der Waals surface area (Å²) in [6.45, 7) is 4.15. The maximum absolute atomic E-state index is 4.35. The number of thiophene rings is 1. The minimum absolute atomic E-state index is 0. The zero-order valence-corrected chi connectivity index (χ0v) is 17.8. The monoisotopic (exact) mass is 470 g/mol. The quantitative estimate of drug-likeness (QED) is 0.398. The number of rotatable bonds is 5. The number of aliphatic imine (C=N–C) groups is 1. The molecule has 1 aromatic carbocycles. The van der Waals surface area contributed by atoms with Gasteiger partial charge in [-0.1, -0.05) is 30.3 Å². The molecule has 0 unspecified atom stereocenters. The van der Waals surface area contributed by atoms with Crippen LogP contribution in [0, 0.1) is 0 Å². The third kappa shape index (κ3) is 6.60. The molecule has 0 saturated carbocycles. The van der Waals surface area contributed by atoms with Crippen molar-refractivity contribution >= 4 is 41.3 Å². The molecule has 4 nitrogen and oxygen atoms in total. The molecule has 136 valence electrons. The minimum atomic E-state index is 0. The van der Waals surface area contributed by atoms with Gasteiger partial charge < -0.3 is 10.6 Å². The van der Waals surface area contributed by atoms with E-state index >= 15 is 0 Å². The number of nitrogens with zero attached hydrogens (tertiary/aromatic N) is 2. The third-order valence-corrected chi connectivity index (χ3v) is 5.17. The van der Waals surface area contributed by atoms with Gasteiger partial charge in [-0.25, -0.2) is 0 Å². The van der Waals surface area contributed by atoms with Crippen LogP contribution in [0.15, 0.2) is 52.2 Å². The van der Waals surface area contributed by atoms with Gasteiger partial charge >= 0.3 is 0 Å². The van der Waals surface area contributed by atoms with Crippen LogP contribution >= 0.6 is 35.3 Å². The molecule has 0 bridgehead atoms. The Morgan fingerprint density at radius 3 is 2.56 bits per heavy atom. The second-order valence-corrected chi connectivity index (χ2v) is 7.02. The van der Waals surface area contributed by atoms with E-state index in [1.807, 2.05) is 7.05 Å². The van der Waals surface area contributed by atoms with E-state index in [9.17, 15) is 0 Å². The molecule has 1 aliphatic rings. The fraction of sp³-hybridized carbons (Fsp3) is 0.421. The van der Waals surface area contributed by atoms with Crippen LogP contribution in [-0.4, -0.2) is 37.0 Å². The molecule has 1 aromatic heterocycles. The molecule has 1 saturated heterocycles. The summed E-state index contributed by atoms with van der Waals surface area (Å²) < 4.78 is 0. The largest absolute Gasteiger partial charge is 0.354 e. The van der Waals surface area contributed by atoms with E-state index < -0.39 is 0 Å². The maximum atomic E-state index is 4.35. The summed E-state index contributed by atoms with van der Waals surface area (Å²) >= 11 is 1.73. The molecule has 2 aromatic rings. The van der Waals surface area contributed by atoms with Gasteiger partial charge in [0.05, 0.1) is 0 Å². The lowest BCUT2D eigenvalue weighted by atomic mass is 10.0. The topological polar surface area (TPSA) is 39.7 Å². The van der Waals surface area contributed by atoms with E-state index in [-0.39, 0.29) is 24.0 Å². The normalized spacial score (nSPS) is 16.3. The SMILES string of the molecule is CN=C(NCc1ccsc1)NC1CCN(Cc2ccccc2)CC1.I. The Morgan fingerprint density at radius 2 is 1.92 bits per heavy atom. The van der Waals surface area contributed by atoms with E-state index in [1.54, 1.807) is 11.3 Å². The molecule has 0 radical (unpaired) electrons. The van der Waals surface area contributed by atoms with Crippen LogP contribution in [0.2, 0.25) is 0 Å². The van der Waals surface area contributed by atoms with E-state index in [2.05, 4.69) is 67.7 Å². The highest BCUT2D eigenvalue weighted by atomic mass is 127. The number of benzene rings is 1. The number of hydrogen-bond acceptors (Lipinski definition) is 3. The molecular weight excluding hydrogens is 443 g/mol. The second kappa shape index (κ2) is 10.8. The summed E-state index contributed by atoms with van der Waals surface area (Å²) in [4.78, 5) is 6.89. The van der Waals surface area contributed by atoms with Crippen molar-refractivity contribution in [3.05, 3.63) is 58.3 Å². The van der Waals surface area contributed by atoms with Gasteiger partial charge in [0.1, 0.15) is 0 Å². The predicted octanol–water partition coefficient (Wildman–Crippen LogP) is 3.70. The van der Waals surface area contributed by atoms with Crippen LogP contribution in [-0.2, 0) is 13.1 Å². The van der Waals surface area contributed by atoms with Gasteiger partial charge in [0.2, 0.25) is 0 Å². The Kier molecular flexibility index (Phi) is 8.71. The lowest BCUT2D eigenvalue weighted by Gasteiger charge is -2.33. The maximum Gasteiger partial charge on any atom is 0.191 e. The Balaban J connectivity index is 0.00000225. The van der Waals surface area contributed by atoms with Gasteiger partial charge in [-0.3, -0.25) is 9.89 Å². The zero-order chi connectivity index (χ0) is 16.6. The summed E-state index contributed by atoms with van der Waals surface area (Å²) in [5.41, 5.74) is 2.71. The number of nitrogens with one attached hydrogen (secondary N) is 2. The van der Waals surface area contributed by atoms with Gasteiger partial charge in [0.25, 0.3) is 0 Å². The van der Waals surface area contributed by atoms with Crippen molar-refractivity contribution < 1.29 is 0 Å². The fourth-order valence-electron chi connectivity index (χ4n) is 3.04. The molecule has 0 spiro atoms. The Hall–Kier alpha value is -1.12. The summed E-state index contributed by atoms with van der Waals surface area (Å²) in [5.74, 6) is 0.905. The highest BCUT2D eigenvalue weighted by molar-refractivity contribution is 14.0. The molecule has 6 heteroatoms. The highest BCUT2D eigenvalue weighted by Crippen LogP contribution is 2.14. The fourth-order valence-corrected chi connectivity index (χ4v) is 3.71. The van der Waals surface area contributed by atoms with E-state index in [1.165, 1.54) is 11.1 Å². The number of halogens is 1. The summed E-state index contributed by atoms with van der Waals surface area (Å²) in [6.07, 6.45) is 2.32. The molecule has 1 aliphatic heterocycles. The average molecular weight is 470 g/mol. The summed E-state index contributed by atoms with van der Waals surface area (Å²) in [7, 11) is 1.84. The molecule has 3 rings (SSSR count). The Labute approximate surface area is 171 Å². The standard InChI is InChI=1S/C19H26N4S.HI/c1-20-19(21-13-17-9-12-24-15-17)22-18-7-10-23(11-8-18)14-16-5-3-2-4-6-16;/h2-6,9,12,15,18H,7-8,10-11,13-14H2,1H3,(H2,20,21,22);1H. The molecule has 2 heterocycles. The van der Waals surface area contributed by atoms with Crippen LogP contribution in [0.4, 0.5) is 0 Å². The van der Waals surface area contributed by atoms with Gasteiger partial charge in [0.15, 0.2) is 5.96 Å². The first-order chi connectivity index (χ1) is 11.8. The van der Waals surface area contributed by atoms with Crippen LogP contribution in [0.5, 0.6) is 0 Å². The Bertz CT molecular complexity index is 622. The smallest absolute Gasteiger partial charge is 0.191 e. The van der Waals surface area contributed by atoms with E-state index in [0.717, 1.165) is 45.0 Å². The van der Waals surface area contributed by atoms with Crippen molar-refractivity contribution in [3.63, 3.8) is 0 Å². The first-order valence-electron chi connectivity index (χ1n) is 8.58. The molecule has 25 heavy (non-hydrogen) atoms. The minimum Gasteiger partial charge on any atom is -0.354 e. The number of likely N-dealkylation sites (tertiary alicyclic amines) is 1. The number of piperidine rings is 1. The average Bonchev–Trinajstić information content (AvgIpc) is 3.14. The number of guanidine groups is 1. The van der Waals surface area contributed by atoms with Crippen molar-refractivity contribution in [2.24, 2.45) is 4.99 Å². The molecule has 0 atom stereocenters. The van der Waals surface area contributed by atoms with E-state index in [0.29, 0.717) is 6.04 Å². The van der Waals surface area contributed by atoms with Gasteiger partial charge in [-0.05, 0) is 40.8 Å². The highest BCUT2D eigenvalue weighted by Gasteiger charge is 2.19. The lowest BCUT2D eigenvalue weighted by molar-refractivity contribution is 0.198. The van der Waals surface area contributed by atoms with Crippen LogP contribution < -0.4 is 10.6 Å². The van der Waals surface area contributed by atoms with Gasteiger partial charge in [-0.15, -0.1) is 24.0 Å². The van der Waals surface area contributed by atoms with Crippen molar-refractivity contribution in [2.45, 2.75) is 32.0 Å². The second-order valence-electron chi connectivity index (χ2n) is 6.24. The van der Waals surface area contributed by atoms with Gasteiger partial charge in [0, 0.05) is 39.3 Å². The van der Waals surface area contributed by atoms with Crippen molar-refractivity contribution in [3.8, 4) is 0 Å². The van der Waals surface area contributed by atoms with Crippen molar-refractivity contribution in [1.82, 2.24) is 15.5 Å². The predicted molar refractivity (Wildman–Crippen MR) is 118 cm³/mol. The molecule has 0 amide bonds. The summed E-state index contributed by atoms with van der Waals surface area (Å²) in [5, 5.41) is 11.2. The molecule has 2 N–H and O–H groups in total. The van der Waals surface area contributed by atoms with Crippen molar-refractivity contribution in [1.29, 1.82) is 0 Å². The van der Waals surface area contributed by atoms with Crippen LogP contribution in [0.25, 0.3) is 0 Å². The van der Waals surface area contributed by atoms with E-state index in [4.69, 9.17) is 0 Å². The first-order valence-corrected chi connectivity index (χ1v) is 9.52. The van der Waals surface area contributed by atoms with Gasteiger partial charge in [-0.2, -0.15) is 11.3 Å². The summed E-state index contributed by atoms with van der Waals surface area (Å²) in [6, 6.07) is 13.4. The van der Waals surface area contributed by atoms with Crippen LogP contribution in [0.3, 0.4) is 0 Å². The first kappa shape index (κ1) is 20.2. The van der Waals surface area contributed by atoms with Crippen LogP contribution in [0.1, 0.15) is 24.0 Å². The Morgan fingerprint density at radius 1 is 1.16 bits per heavy atom.